The van der Waals surface area contributed by atoms with Crippen molar-refractivity contribution in [2.45, 2.75) is 19.1 Å². The molecule has 100 valence electrons. The van der Waals surface area contributed by atoms with Crippen LogP contribution in [-0.4, -0.2) is 10.3 Å². The lowest BCUT2D eigenvalue weighted by atomic mass is 10.1. The zero-order chi connectivity index (χ0) is 13.5. The lowest BCUT2D eigenvalue weighted by Crippen LogP contribution is -2.07. The molecule has 0 atom stereocenters. The van der Waals surface area contributed by atoms with Crippen molar-refractivity contribution >= 4 is 22.7 Å². The molecule has 0 saturated carbocycles. The van der Waals surface area contributed by atoms with Gasteiger partial charge in [-0.05, 0) is 48.9 Å². The molecule has 1 aliphatic heterocycles. The third-order valence-corrected chi connectivity index (χ3v) is 5.07. The molecular weight excluding hydrogens is 262 g/mol. The molecule has 2 heteroatoms. The number of hydrogen-bond donors (Lipinski definition) is 0. The molecule has 0 unspecified atom stereocenters. The van der Waals surface area contributed by atoms with Gasteiger partial charge in [-0.15, -0.1) is 0 Å². The molecule has 0 spiro atoms. The molecule has 0 N–H and O–H groups in total. The lowest BCUT2D eigenvalue weighted by Gasteiger charge is -2.15. The number of aryl methyl sites for hydroxylation is 1. The summed E-state index contributed by atoms with van der Waals surface area (Å²) in [6.45, 7) is 2.18. The van der Waals surface area contributed by atoms with Gasteiger partial charge in [0.2, 0.25) is 0 Å². The Morgan fingerprint density at radius 3 is 2.75 bits per heavy atom. The van der Waals surface area contributed by atoms with Gasteiger partial charge < -0.3 is 4.57 Å². The maximum absolute atomic E-state index is 2.46. The number of nitrogens with zero attached hydrogens (tertiary/aromatic N) is 1. The SMILES string of the molecule is Cc1ccc2c(c1)c1c(n2-c2ccccc2)CCSC1. The first-order valence-corrected chi connectivity index (χ1v) is 8.26. The summed E-state index contributed by atoms with van der Waals surface area (Å²) in [5.74, 6) is 2.38. The third-order valence-electron chi connectivity index (χ3n) is 4.08. The van der Waals surface area contributed by atoms with Gasteiger partial charge in [0.15, 0.2) is 0 Å². The topological polar surface area (TPSA) is 4.93 Å². The van der Waals surface area contributed by atoms with E-state index >= 15 is 0 Å². The van der Waals surface area contributed by atoms with Crippen molar-refractivity contribution in [2.75, 3.05) is 5.75 Å². The van der Waals surface area contributed by atoms with Crippen LogP contribution in [-0.2, 0) is 12.2 Å². The molecule has 0 saturated heterocycles. The average Bonchev–Trinajstić information content (AvgIpc) is 2.82. The van der Waals surface area contributed by atoms with Gasteiger partial charge in [-0.25, -0.2) is 0 Å². The van der Waals surface area contributed by atoms with Crippen LogP contribution in [0.1, 0.15) is 16.8 Å². The quantitative estimate of drug-likeness (QED) is 0.623. The molecule has 0 fully saturated rings. The predicted octanol–water partition coefficient (Wildman–Crippen LogP) is 4.73. The van der Waals surface area contributed by atoms with Crippen molar-refractivity contribution in [2.24, 2.45) is 0 Å². The van der Waals surface area contributed by atoms with Gasteiger partial charge in [0, 0.05) is 22.5 Å². The van der Waals surface area contributed by atoms with E-state index in [1.165, 1.54) is 40.0 Å². The number of fused-ring (bicyclic) bond motifs is 3. The normalized spacial score (nSPS) is 14.4. The number of para-hydroxylation sites is 1. The van der Waals surface area contributed by atoms with E-state index in [0.717, 1.165) is 5.75 Å². The summed E-state index contributed by atoms with van der Waals surface area (Å²) in [4.78, 5) is 0. The summed E-state index contributed by atoms with van der Waals surface area (Å²) in [5, 5.41) is 1.44. The van der Waals surface area contributed by atoms with Crippen molar-refractivity contribution in [3.8, 4) is 5.69 Å². The van der Waals surface area contributed by atoms with E-state index in [9.17, 15) is 0 Å². The highest BCUT2D eigenvalue weighted by molar-refractivity contribution is 7.98. The van der Waals surface area contributed by atoms with Crippen LogP contribution in [0.15, 0.2) is 48.5 Å². The minimum atomic E-state index is 1.15. The second-order valence-electron chi connectivity index (χ2n) is 5.42. The van der Waals surface area contributed by atoms with Crippen molar-refractivity contribution in [3.05, 3.63) is 65.4 Å². The number of benzene rings is 2. The van der Waals surface area contributed by atoms with E-state index < -0.39 is 0 Å². The fourth-order valence-electron chi connectivity index (χ4n) is 3.16. The highest BCUT2D eigenvalue weighted by Crippen LogP contribution is 2.36. The second kappa shape index (κ2) is 4.71. The first-order chi connectivity index (χ1) is 9.84. The molecule has 2 heterocycles. The predicted molar refractivity (Wildman–Crippen MR) is 87.9 cm³/mol. The molecule has 1 aliphatic rings. The molecule has 0 bridgehead atoms. The number of aromatic nitrogens is 1. The Balaban J connectivity index is 2.09. The monoisotopic (exact) mass is 279 g/mol. The Hall–Kier alpha value is -1.67. The Kier molecular flexibility index (Phi) is 2.85. The maximum Gasteiger partial charge on any atom is 0.0534 e. The molecule has 0 amide bonds. The van der Waals surface area contributed by atoms with Crippen LogP contribution >= 0.6 is 11.8 Å². The molecule has 1 aromatic heterocycles. The molecule has 1 nitrogen and oxygen atoms in total. The summed E-state index contributed by atoms with van der Waals surface area (Å²) in [5.41, 5.74) is 7.05. The number of thioether (sulfide) groups is 1. The minimum absolute atomic E-state index is 1.15. The van der Waals surface area contributed by atoms with E-state index in [0.29, 0.717) is 0 Å². The van der Waals surface area contributed by atoms with Crippen LogP contribution in [0.3, 0.4) is 0 Å². The van der Waals surface area contributed by atoms with Crippen LogP contribution in [0.5, 0.6) is 0 Å². The van der Waals surface area contributed by atoms with Crippen LogP contribution in [0.4, 0.5) is 0 Å². The highest BCUT2D eigenvalue weighted by atomic mass is 32.2. The number of hydrogen-bond acceptors (Lipinski definition) is 1. The summed E-state index contributed by atoms with van der Waals surface area (Å²) < 4.78 is 2.46. The fraction of sp³-hybridized carbons (Fsp3) is 0.222. The first-order valence-electron chi connectivity index (χ1n) is 7.10. The van der Waals surface area contributed by atoms with E-state index in [1.54, 1.807) is 5.56 Å². The third kappa shape index (κ3) is 1.79. The van der Waals surface area contributed by atoms with Gasteiger partial charge >= 0.3 is 0 Å². The Labute approximate surface area is 123 Å². The van der Waals surface area contributed by atoms with Crippen molar-refractivity contribution < 1.29 is 0 Å². The van der Waals surface area contributed by atoms with E-state index in [-0.39, 0.29) is 0 Å². The summed E-state index contributed by atoms with van der Waals surface area (Å²) in [6, 6.07) is 17.6. The standard InChI is InChI=1S/C18H17NS/c1-13-7-8-17-15(11-13)16-12-20-10-9-18(16)19(17)14-5-3-2-4-6-14/h2-8,11H,9-10,12H2,1H3. The number of rotatable bonds is 1. The molecular formula is C18H17NS. The highest BCUT2D eigenvalue weighted by Gasteiger charge is 2.20. The minimum Gasteiger partial charge on any atom is -0.313 e. The van der Waals surface area contributed by atoms with Gasteiger partial charge in [0.1, 0.15) is 0 Å². The molecule has 20 heavy (non-hydrogen) atoms. The molecule has 2 aromatic carbocycles. The Morgan fingerprint density at radius 1 is 1.05 bits per heavy atom. The first kappa shape index (κ1) is 12.1. The molecule has 0 radical (unpaired) electrons. The van der Waals surface area contributed by atoms with E-state index in [4.69, 9.17) is 0 Å². The summed E-state index contributed by atoms with van der Waals surface area (Å²) in [6.07, 6.45) is 1.17. The molecule has 3 aromatic rings. The van der Waals surface area contributed by atoms with Gasteiger partial charge in [-0.3, -0.25) is 0 Å². The lowest BCUT2D eigenvalue weighted by molar-refractivity contribution is 0.939. The van der Waals surface area contributed by atoms with E-state index in [1.807, 2.05) is 0 Å². The Morgan fingerprint density at radius 2 is 1.90 bits per heavy atom. The maximum atomic E-state index is 2.46. The molecule has 0 aliphatic carbocycles. The Bertz CT molecular complexity index is 771. The van der Waals surface area contributed by atoms with Crippen LogP contribution in [0, 0.1) is 6.92 Å². The van der Waals surface area contributed by atoms with Crippen molar-refractivity contribution in [3.63, 3.8) is 0 Å². The largest absolute Gasteiger partial charge is 0.313 e. The zero-order valence-electron chi connectivity index (χ0n) is 11.6. The second-order valence-corrected chi connectivity index (χ2v) is 6.52. The van der Waals surface area contributed by atoms with Crippen molar-refractivity contribution in [1.82, 2.24) is 4.57 Å². The van der Waals surface area contributed by atoms with Gasteiger partial charge in [0.25, 0.3) is 0 Å². The van der Waals surface area contributed by atoms with Crippen LogP contribution < -0.4 is 0 Å². The average molecular weight is 279 g/mol. The van der Waals surface area contributed by atoms with Gasteiger partial charge in [-0.2, -0.15) is 11.8 Å². The molecule has 4 rings (SSSR count). The zero-order valence-corrected chi connectivity index (χ0v) is 12.4. The van der Waals surface area contributed by atoms with Crippen molar-refractivity contribution in [1.29, 1.82) is 0 Å². The summed E-state index contributed by atoms with van der Waals surface area (Å²) >= 11 is 2.05. The summed E-state index contributed by atoms with van der Waals surface area (Å²) in [7, 11) is 0. The van der Waals surface area contributed by atoms with Gasteiger partial charge in [0.05, 0.1) is 5.52 Å². The van der Waals surface area contributed by atoms with E-state index in [2.05, 4.69) is 71.8 Å². The van der Waals surface area contributed by atoms with Gasteiger partial charge in [-0.1, -0.05) is 29.8 Å². The van der Waals surface area contributed by atoms with Crippen LogP contribution in [0.2, 0.25) is 0 Å². The van der Waals surface area contributed by atoms with Crippen LogP contribution in [0.25, 0.3) is 16.6 Å². The smallest absolute Gasteiger partial charge is 0.0534 e. The fourth-order valence-corrected chi connectivity index (χ4v) is 4.17.